The van der Waals surface area contributed by atoms with Gasteiger partial charge < -0.3 is 0 Å². The van der Waals surface area contributed by atoms with Gasteiger partial charge in [0.15, 0.2) is 0 Å². The molecular formula is C7H10N3. The largest absolute Gasteiger partial charge is 0.249 e. The molecule has 53 valence electrons. The maximum Gasteiger partial charge on any atom is 0.138 e. The molecule has 3 heteroatoms. The van der Waals surface area contributed by atoms with Crippen molar-refractivity contribution < 1.29 is 0 Å². The Morgan fingerprint density at radius 3 is 3.00 bits per heavy atom. The highest BCUT2D eigenvalue weighted by Crippen LogP contribution is 2.30. The second-order valence-corrected chi connectivity index (χ2v) is 2.91. The van der Waals surface area contributed by atoms with Crippen LogP contribution in [0, 0.1) is 19.0 Å². The van der Waals surface area contributed by atoms with Gasteiger partial charge in [-0.15, -0.1) is 5.10 Å². The Balaban J connectivity index is 2.08. The summed E-state index contributed by atoms with van der Waals surface area (Å²) in [5.74, 6) is 0.869. The van der Waals surface area contributed by atoms with Gasteiger partial charge in [-0.1, -0.05) is 5.21 Å². The van der Waals surface area contributed by atoms with Crippen LogP contribution >= 0.6 is 0 Å². The average molecular weight is 136 g/mol. The van der Waals surface area contributed by atoms with Crippen LogP contribution in [0.4, 0.5) is 0 Å². The monoisotopic (exact) mass is 136 g/mol. The average Bonchev–Trinajstić information content (AvgIpc) is 2.62. The van der Waals surface area contributed by atoms with Crippen molar-refractivity contribution in [2.24, 2.45) is 5.92 Å². The third kappa shape index (κ3) is 1.03. The smallest absolute Gasteiger partial charge is 0.138 e. The van der Waals surface area contributed by atoms with Crippen LogP contribution in [0.5, 0.6) is 0 Å². The fourth-order valence-corrected chi connectivity index (χ4v) is 0.992. The summed E-state index contributed by atoms with van der Waals surface area (Å²) in [6.07, 6.45) is 5.52. The molecule has 1 aliphatic carbocycles. The summed E-state index contributed by atoms with van der Waals surface area (Å²) in [6.45, 7) is 3.03. The molecule has 1 aliphatic rings. The van der Waals surface area contributed by atoms with Gasteiger partial charge in [0, 0.05) is 6.54 Å². The summed E-state index contributed by atoms with van der Waals surface area (Å²) in [5, 5.41) is 7.60. The number of hydrogen-bond donors (Lipinski definition) is 0. The minimum absolute atomic E-state index is 0.869. The molecule has 0 aliphatic heterocycles. The minimum atomic E-state index is 0.869. The molecule has 1 aromatic rings. The Morgan fingerprint density at radius 1 is 1.70 bits per heavy atom. The Labute approximate surface area is 60.0 Å². The normalized spacial score (nSPS) is 17.7. The highest BCUT2D eigenvalue weighted by Gasteiger charge is 2.22. The lowest BCUT2D eigenvalue weighted by Crippen LogP contribution is -2.03. The predicted octanol–water partition coefficient (Wildman–Crippen LogP) is 0.797. The van der Waals surface area contributed by atoms with Crippen LogP contribution in [0.25, 0.3) is 0 Å². The Bertz CT molecular complexity index is 225. The fraction of sp³-hybridized carbons (Fsp3) is 0.714. The van der Waals surface area contributed by atoms with Crippen molar-refractivity contribution in [2.75, 3.05) is 0 Å². The lowest BCUT2D eigenvalue weighted by atomic mass is 10.4. The maximum atomic E-state index is 3.91. The van der Waals surface area contributed by atoms with Crippen LogP contribution < -0.4 is 0 Å². The molecule has 0 aromatic carbocycles. The van der Waals surface area contributed by atoms with Crippen LogP contribution in [0.3, 0.4) is 0 Å². The van der Waals surface area contributed by atoms with Crippen LogP contribution in [0.15, 0.2) is 0 Å². The van der Waals surface area contributed by atoms with Gasteiger partial charge >= 0.3 is 0 Å². The van der Waals surface area contributed by atoms with Gasteiger partial charge in [-0.25, -0.2) is 4.68 Å². The SMILES string of the molecule is Cc1[c]nnn1CC1CC1. The van der Waals surface area contributed by atoms with Crippen LogP contribution in [-0.2, 0) is 6.54 Å². The summed E-state index contributed by atoms with van der Waals surface area (Å²) in [6, 6.07) is 0. The minimum Gasteiger partial charge on any atom is -0.249 e. The van der Waals surface area contributed by atoms with Crippen LogP contribution in [0.2, 0.25) is 0 Å². The standard InChI is InChI=1S/C7H10N3/c1-6-4-8-9-10(6)5-7-2-3-7/h7H,2-3,5H2,1H3. The molecule has 0 N–H and O–H groups in total. The molecule has 1 radical (unpaired) electrons. The molecule has 0 spiro atoms. The van der Waals surface area contributed by atoms with Crippen molar-refractivity contribution in [3.63, 3.8) is 0 Å². The van der Waals surface area contributed by atoms with Gasteiger partial charge in [0.1, 0.15) is 6.20 Å². The van der Waals surface area contributed by atoms with E-state index in [0.717, 1.165) is 18.2 Å². The molecule has 1 aromatic heterocycles. The predicted molar refractivity (Wildman–Crippen MR) is 36.3 cm³/mol. The van der Waals surface area contributed by atoms with Crippen molar-refractivity contribution in [1.82, 2.24) is 15.0 Å². The first-order valence-electron chi connectivity index (χ1n) is 3.64. The lowest BCUT2D eigenvalue weighted by Gasteiger charge is -1.97. The van der Waals surface area contributed by atoms with E-state index in [0.29, 0.717) is 0 Å². The van der Waals surface area contributed by atoms with Gasteiger partial charge in [-0.05, 0) is 25.7 Å². The Morgan fingerprint density at radius 2 is 2.50 bits per heavy atom. The molecule has 0 unspecified atom stereocenters. The zero-order chi connectivity index (χ0) is 6.97. The zero-order valence-electron chi connectivity index (χ0n) is 6.04. The second kappa shape index (κ2) is 2.08. The summed E-state index contributed by atoms with van der Waals surface area (Å²) in [7, 11) is 0. The van der Waals surface area contributed by atoms with E-state index in [9.17, 15) is 0 Å². The van der Waals surface area contributed by atoms with E-state index in [1.54, 1.807) is 0 Å². The summed E-state index contributed by atoms with van der Waals surface area (Å²) in [4.78, 5) is 0. The molecule has 10 heavy (non-hydrogen) atoms. The molecule has 1 saturated carbocycles. The summed E-state index contributed by atoms with van der Waals surface area (Å²) >= 11 is 0. The molecule has 3 nitrogen and oxygen atoms in total. The van der Waals surface area contributed by atoms with Gasteiger partial charge in [-0.2, -0.15) is 0 Å². The van der Waals surface area contributed by atoms with Gasteiger partial charge in [0.05, 0.1) is 5.69 Å². The molecule has 1 heterocycles. The van der Waals surface area contributed by atoms with Gasteiger partial charge in [-0.3, -0.25) is 0 Å². The quantitative estimate of drug-likeness (QED) is 0.602. The van der Waals surface area contributed by atoms with Gasteiger partial charge in [0.25, 0.3) is 0 Å². The van der Waals surface area contributed by atoms with E-state index in [1.165, 1.54) is 12.8 Å². The maximum absolute atomic E-state index is 3.91. The van der Waals surface area contributed by atoms with Gasteiger partial charge in [0.2, 0.25) is 0 Å². The van der Waals surface area contributed by atoms with Crippen molar-refractivity contribution in [3.8, 4) is 0 Å². The third-order valence-corrected chi connectivity index (χ3v) is 1.88. The highest BCUT2D eigenvalue weighted by atomic mass is 15.4. The fourth-order valence-electron chi connectivity index (χ4n) is 0.992. The van der Waals surface area contributed by atoms with E-state index in [2.05, 4.69) is 16.5 Å². The third-order valence-electron chi connectivity index (χ3n) is 1.88. The molecule has 2 rings (SSSR count). The molecule has 0 saturated heterocycles. The first-order valence-corrected chi connectivity index (χ1v) is 3.64. The second-order valence-electron chi connectivity index (χ2n) is 2.91. The van der Waals surface area contributed by atoms with Crippen molar-refractivity contribution in [2.45, 2.75) is 26.3 Å². The Kier molecular flexibility index (Phi) is 1.22. The summed E-state index contributed by atoms with van der Waals surface area (Å²) in [5.41, 5.74) is 1.05. The first-order chi connectivity index (χ1) is 4.86. The molecule has 0 amide bonds. The molecule has 1 fully saturated rings. The zero-order valence-corrected chi connectivity index (χ0v) is 6.04. The van der Waals surface area contributed by atoms with Crippen molar-refractivity contribution in [1.29, 1.82) is 0 Å². The molecule has 0 bridgehead atoms. The van der Waals surface area contributed by atoms with Crippen molar-refractivity contribution in [3.05, 3.63) is 11.9 Å². The van der Waals surface area contributed by atoms with Crippen molar-refractivity contribution >= 4 is 0 Å². The van der Waals surface area contributed by atoms with E-state index in [1.807, 2.05) is 11.6 Å². The number of nitrogens with zero attached hydrogens (tertiary/aromatic N) is 3. The van der Waals surface area contributed by atoms with Crippen LogP contribution in [0.1, 0.15) is 18.5 Å². The Hall–Kier alpha value is -0.860. The molecular weight excluding hydrogens is 126 g/mol. The number of rotatable bonds is 2. The topological polar surface area (TPSA) is 30.7 Å². The van der Waals surface area contributed by atoms with E-state index in [4.69, 9.17) is 0 Å². The molecule has 0 atom stereocenters. The van der Waals surface area contributed by atoms with E-state index in [-0.39, 0.29) is 0 Å². The number of aryl methyl sites for hydroxylation is 1. The van der Waals surface area contributed by atoms with Crippen LogP contribution in [-0.4, -0.2) is 15.0 Å². The number of aromatic nitrogens is 3. The summed E-state index contributed by atoms with van der Waals surface area (Å²) < 4.78 is 1.93. The lowest BCUT2D eigenvalue weighted by molar-refractivity contribution is 0.532. The van der Waals surface area contributed by atoms with E-state index < -0.39 is 0 Å². The first kappa shape index (κ1) is 5.89. The number of hydrogen-bond acceptors (Lipinski definition) is 2. The van der Waals surface area contributed by atoms with E-state index >= 15 is 0 Å². The highest BCUT2D eigenvalue weighted by molar-refractivity contribution is 4.88.